The average molecular weight is 165 g/mol. The van der Waals surface area contributed by atoms with Crippen LogP contribution in [0.25, 0.3) is 0 Å². The van der Waals surface area contributed by atoms with Crippen molar-refractivity contribution < 1.29 is 19.2 Å². The Morgan fingerprint density at radius 1 is 1.50 bits per heavy atom. The lowest BCUT2D eigenvalue weighted by Gasteiger charge is -2.17. The fourth-order valence-electron chi connectivity index (χ4n) is 0.400. The Balaban J connectivity index is 4.09. The maximum absolute atomic E-state index is 10.6. The number of rotatable bonds is 2. The van der Waals surface area contributed by atoms with Gasteiger partial charge in [0.2, 0.25) is 0 Å². The smallest absolute Gasteiger partial charge is 0.384 e. The van der Waals surface area contributed by atoms with E-state index in [0.29, 0.717) is 6.54 Å². The van der Waals surface area contributed by atoms with Gasteiger partial charge in [-0.3, -0.25) is 4.79 Å². The summed E-state index contributed by atoms with van der Waals surface area (Å²) in [7, 11) is -3.18. The normalized spacial score (nSPS) is 11.3. The van der Waals surface area contributed by atoms with Crippen molar-refractivity contribution in [2.45, 2.75) is 6.92 Å². The van der Waals surface area contributed by atoms with Gasteiger partial charge < -0.3 is 19.3 Å². The van der Waals surface area contributed by atoms with Gasteiger partial charge in [0.15, 0.2) is 0 Å². The van der Waals surface area contributed by atoms with Crippen molar-refractivity contribution in [3.8, 4) is 0 Å². The summed E-state index contributed by atoms with van der Waals surface area (Å²) in [5.41, 5.74) is -0.991. The molecular weight excluding hydrogens is 154 g/mol. The van der Waals surface area contributed by atoms with Crippen molar-refractivity contribution in [2.75, 3.05) is 13.6 Å². The molecule has 0 aromatic rings. The summed E-state index contributed by atoms with van der Waals surface area (Å²) >= 11 is 0. The monoisotopic (exact) mass is 165 g/mol. The summed E-state index contributed by atoms with van der Waals surface area (Å²) in [6, 6.07) is 0. The zero-order chi connectivity index (χ0) is 8.36. The number of carbonyl (C=O) groups is 1. The van der Waals surface area contributed by atoms with E-state index in [0.717, 1.165) is 4.90 Å². The second-order valence-electron chi connectivity index (χ2n) is 1.95. The van der Waals surface area contributed by atoms with E-state index in [-0.39, 0.29) is 0 Å². The van der Waals surface area contributed by atoms with Crippen molar-refractivity contribution in [3.05, 3.63) is 0 Å². The fraction of sp³-hybridized carbons (Fsp3) is 0.750. The second-order valence-corrected chi connectivity index (χ2v) is 3.65. The molecule has 0 fully saturated rings. The van der Waals surface area contributed by atoms with Gasteiger partial charge in [-0.25, -0.2) is 0 Å². The molecule has 10 heavy (non-hydrogen) atoms. The Hall–Kier alpha value is -0.433. The molecule has 0 rings (SSSR count). The molecule has 0 aliphatic carbocycles. The molecule has 0 aliphatic rings. The molecule has 0 radical (unpaired) electrons. The Bertz CT molecular complexity index is 132. The maximum Gasteiger partial charge on any atom is 0.589 e. The van der Waals surface area contributed by atoms with Crippen LogP contribution in [0, 0.1) is 0 Å². The van der Waals surface area contributed by atoms with E-state index >= 15 is 0 Å². The molecule has 0 aromatic carbocycles. The molecule has 0 spiro atoms. The minimum absolute atomic E-state index is 0.343. The molecule has 6 heteroatoms. The Labute approximate surface area is 59.9 Å². The standard InChI is InChI=1S/C4H11NO4Si/c1-3-5(2)4(6)10(7,8)9/h7-9H,3H2,1-2H3. The van der Waals surface area contributed by atoms with Crippen LogP contribution in [0.1, 0.15) is 6.92 Å². The van der Waals surface area contributed by atoms with E-state index in [4.69, 9.17) is 14.4 Å². The van der Waals surface area contributed by atoms with Gasteiger partial charge in [0.1, 0.15) is 0 Å². The fourth-order valence-corrected chi connectivity index (χ4v) is 1.07. The lowest BCUT2D eigenvalue weighted by molar-refractivity contribution is 0.184. The number of hydrogen-bond acceptors (Lipinski definition) is 4. The zero-order valence-corrected chi connectivity index (χ0v) is 6.90. The summed E-state index contributed by atoms with van der Waals surface area (Å²) in [6.45, 7) is 2.01. The van der Waals surface area contributed by atoms with Gasteiger partial charge >= 0.3 is 8.80 Å². The van der Waals surface area contributed by atoms with E-state index < -0.39 is 14.3 Å². The molecule has 0 bridgehead atoms. The van der Waals surface area contributed by atoms with Gasteiger partial charge in [-0.05, 0) is 6.92 Å². The summed E-state index contributed by atoms with van der Waals surface area (Å²) in [4.78, 5) is 37.0. The lowest BCUT2D eigenvalue weighted by Crippen LogP contribution is -2.51. The lowest BCUT2D eigenvalue weighted by atomic mass is 10.7. The first kappa shape index (κ1) is 9.57. The number of carbonyl (C=O) groups excluding carboxylic acids is 1. The Morgan fingerprint density at radius 3 is 2.00 bits per heavy atom. The highest BCUT2D eigenvalue weighted by molar-refractivity contribution is 6.88. The highest BCUT2D eigenvalue weighted by atomic mass is 28.4. The first-order valence-electron chi connectivity index (χ1n) is 2.82. The average Bonchev–Trinajstić information content (AvgIpc) is 1.83. The summed E-state index contributed by atoms with van der Waals surface area (Å²) in [5, 5.41) is 0. The number of nitrogens with zero attached hydrogens (tertiary/aromatic N) is 1. The third-order valence-electron chi connectivity index (χ3n) is 1.11. The van der Waals surface area contributed by atoms with Crippen LogP contribution in [0.5, 0.6) is 0 Å². The summed E-state index contributed by atoms with van der Waals surface area (Å²) < 4.78 is 0. The maximum atomic E-state index is 10.6. The largest absolute Gasteiger partial charge is 0.589 e. The van der Waals surface area contributed by atoms with Crippen LogP contribution in [0.15, 0.2) is 0 Å². The van der Waals surface area contributed by atoms with E-state index in [9.17, 15) is 4.79 Å². The molecule has 0 unspecified atom stereocenters. The second kappa shape index (κ2) is 3.11. The molecule has 5 nitrogen and oxygen atoms in total. The van der Waals surface area contributed by atoms with Gasteiger partial charge in [-0.2, -0.15) is 0 Å². The third-order valence-corrected chi connectivity index (χ3v) is 2.06. The van der Waals surface area contributed by atoms with Gasteiger partial charge in [0.05, 0.1) is 0 Å². The minimum Gasteiger partial charge on any atom is -0.384 e. The first-order valence-corrected chi connectivity index (χ1v) is 4.66. The van der Waals surface area contributed by atoms with Crippen LogP contribution in [-0.2, 0) is 0 Å². The highest BCUT2D eigenvalue weighted by Gasteiger charge is 2.40. The third kappa shape index (κ3) is 2.44. The van der Waals surface area contributed by atoms with Crippen LogP contribution in [0.3, 0.4) is 0 Å². The topological polar surface area (TPSA) is 81.0 Å². The Kier molecular flexibility index (Phi) is 2.97. The SMILES string of the molecule is CCN(C)C(=O)[Si](O)(O)O. The predicted octanol–water partition coefficient (Wildman–Crippen LogP) is -1.44. The van der Waals surface area contributed by atoms with E-state index in [1.54, 1.807) is 6.92 Å². The van der Waals surface area contributed by atoms with Crippen molar-refractivity contribution in [1.82, 2.24) is 4.90 Å². The predicted molar refractivity (Wildman–Crippen MR) is 36.1 cm³/mol. The molecule has 0 aromatic heterocycles. The van der Waals surface area contributed by atoms with Gasteiger partial charge in [-0.15, -0.1) is 0 Å². The van der Waals surface area contributed by atoms with E-state index in [1.807, 2.05) is 0 Å². The van der Waals surface area contributed by atoms with Crippen molar-refractivity contribution >= 4 is 14.3 Å². The van der Waals surface area contributed by atoms with E-state index in [2.05, 4.69) is 0 Å². The van der Waals surface area contributed by atoms with Crippen LogP contribution in [0.2, 0.25) is 0 Å². The van der Waals surface area contributed by atoms with Crippen LogP contribution in [0.4, 0.5) is 4.79 Å². The van der Waals surface area contributed by atoms with Crippen molar-refractivity contribution in [3.63, 3.8) is 0 Å². The molecular formula is C4H11NO4Si. The van der Waals surface area contributed by atoms with Crippen LogP contribution in [-0.4, -0.2) is 47.2 Å². The molecule has 0 atom stereocenters. The van der Waals surface area contributed by atoms with Crippen LogP contribution >= 0.6 is 0 Å². The van der Waals surface area contributed by atoms with Gasteiger partial charge in [-0.1, -0.05) is 0 Å². The van der Waals surface area contributed by atoms with Gasteiger partial charge in [0, 0.05) is 13.6 Å². The van der Waals surface area contributed by atoms with Crippen LogP contribution < -0.4 is 0 Å². The summed E-state index contributed by atoms with van der Waals surface area (Å²) in [6.07, 6.45) is 0. The molecule has 0 saturated heterocycles. The number of amides is 1. The zero-order valence-electron chi connectivity index (χ0n) is 5.90. The molecule has 0 heterocycles. The molecule has 60 valence electrons. The quantitative estimate of drug-likeness (QED) is 0.437. The highest BCUT2D eigenvalue weighted by Crippen LogP contribution is 1.95. The molecule has 3 N–H and O–H groups in total. The van der Waals surface area contributed by atoms with Crippen molar-refractivity contribution in [2.24, 2.45) is 0 Å². The van der Waals surface area contributed by atoms with E-state index in [1.165, 1.54) is 7.05 Å². The molecule has 0 saturated carbocycles. The van der Waals surface area contributed by atoms with Crippen molar-refractivity contribution in [1.29, 1.82) is 0 Å². The summed E-state index contributed by atoms with van der Waals surface area (Å²) in [5.74, 6) is 0. The molecule has 1 amide bonds. The minimum atomic E-state index is -4.56. The van der Waals surface area contributed by atoms with Gasteiger partial charge in [0.25, 0.3) is 5.53 Å². The number of hydrogen-bond donors (Lipinski definition) is 3. The Morgan fingerprint density at radius 2 is 1.90 bits per heavy atom. The molecule has 0 aliphatic heterocycles. The first-order chi connectivity index (χ1) is 4.39.